The van der Waals surface area contributed by atoms with Crippen LogP contribution in [0.1, 0.15) is 446 Å². The summed E-state index contributed by atoms with van der Waals surface area (Å²) in [6.07, 6.45) is 83.9. The van der Waals surface area contributed by atoms with Crippen LogP contribution in [0.2, 0.25) is 0 Å². The van der Waals surface area contributed by atoms with Gasteiger partial charge in [0.1, 0.15) is 0 Å². The first-order valence-electron chi connectivity index (χ1n) is 50.6. The van der Waals surface area contributed by atoms with E-state index in [-0.39, 0.29) is 0 Å². The number of benzene rings is 5. The van der Waals surface area contributed by atoms with Crippen molar-refractivity contribution in [3.63, 3.8) is 0 Å². The number of hydrogen-bond donors (Lipinski definition) is 0. The molecular formula is C120H170. The quantitative estimate of drug-likeness (QED) is 0.0271. The molecule has 0 saturated carbocycles. The molecule has 0 heterocycles. The van der Waals surface area contributed by atoms with Gasteiger partial charge in [-0.2, -0.15) is 0 Å². The van der Waals surface area contributed by atoms with Crippen LogP contribution < -0.4 is 0 Å². The van der Waals surface area contributed by atoms with Gasteiger partial charge in [-0.05, 0) is 306 Å². The summed E-state index contributed by atoms with van der Waals surface area (Å²) in [7, 11) is 0. The minimum Gasteiger partial charge on any atom is -0.0726 e. The molecule has 5 aliphatic rings. The molecule has 0 heteroatoms. The third-order valence-electron chi connectivity index (χ3n) is 25.7. The maximum Gasteiger partial charge on any atom is 0.0249 e. The van der Waals surface area contributed by atoms with Crippen LogP contribution in [0.4, 0.5) is 0 Å². The van der Waals surface area contributed by atoms with Crippen molar-refractivity contribution in [3.05, 3.63) is 235 Å². The Kier molecular flexibility index (Phi) is 56.7. The fourth-order valence-electron chi connectivity index (χ4n) is 17.2. The second-order valence-electron chi connectivity index (χ2n) is 36.3. The maximum absolute atomic E-state index is 3.43. The number of aryl methyl sites for hydroxylation is 5. The van der Waals surface area contributed by atoms with E-state index in [1.165, 1.54) is 409 Å². The van der Waals surface area contributed by atoms with Crippen LogP contribution in [-0.2, 0) is 32.1 Å². The minimum absolute atomic E-state index is 0.887. The monoisotopic (exact) mass is 1610 g/mol. The number of allylic oxidation sites excluding steroid dienone is 10. The standard InChI is InChI=1S/C26H38.C25H36.C24H34.C23H32.C22H30/c1-3-5-7-9-11-23-13-17-25(18-14-23)21-22-26-19-15-24(16-20-26)12-10-8-6-4-2;1-3-5-7-9-11-23-14-18-25(19-15-23)21-20-24-16-12-22(13-17-24)10-8-6-4-2;1-3-5-7-8-10-22-13-17-24(18-14-22)20-19-23-15-11-21(12-16-23)9-6-4-2;1-3-5-6-7-9-21-12-16-23(17-13-21)19-18-22-14-10-20(8-4-2)11-15-22;1-3-5-6-7-8-20-13-15-22(16-14-20)18-17-21-11-9-19(4-2)10-12-21/h13-14,17-19,24H,3-12,15-16,20H2,1-2H3;14-16,18-19,22H,3-13,17H2,1-2H3;13-15,17-18,21H,3-12,16H2,1-2H3;12-14,16-17,20H,3-11,15H2,1-2H3;11,13-16,19H,3-10,12H2,1-2H3. The van der Waals surface area contributed by atoms with Crippen molar-refractivity contribution < 1.29 is 0 Å². The summed E-state index contributed by atoms with van der Waals surface area (Å²) in [5.41, 5.74) is 19.8. The molecule has 0 saturated heterocycles. The van der Waals surface area contributed by atoms with Gasteiger partial charge in [-0.15, -0.1) is 0 Å². The van der Waals surface area contributed by atoms with E-state index in [1.807, 2.05) is 0 Å². The van der Waals surface area contributed by atoms with Gasteiger partial charge in [0.25, 0.3) is 0 Å². The molecule has 650 valence electrons. The molecule has 0 spiro atoms. The van der Waals surface area contributed by atoms with Crippen molar-refractivity contribution in [1.82, 2.24) is 0 Å². The minimum atomic E-state index is 0.887. The Morgan fingerprint density at radius 2 is 0.392 bits per heavy atom. The lowest BCUT2D eigenvalue weighted by molar-refractivity contribution is 0.417. The van der Waals surface area contributed by atoms with Crippen LogP contribution >= 0.6 is 0 Å². The molecule has 0 fully saturated rings. The predicted octanol–water partition coefficient (Wildman–Crippen LogP) is 35.4. The van der Waals surface area contributed by atoms with Crippen LogP contribution in [0.3, 0.4) is 0 Å². The van der Waals surface area contributed by atoms with Crippen molar-refractivity contribution in [1.29, 1.82) is 0 Å². The first-order valence-corrected chi connectivity index (χ1v) is 50.6. The lowest BCUT2D eigenvalue weighted by Gasteiger charge is -2.19. The average Bonchev–Trinajstić information content (AvgIpc) is 0.900. The number of rotatable bonds is 40. The number of unbranched alkanes of at least 4 members (excludes halogenated alkanes) is 21. The average molecular weight is 1610 g/mol. The molecule has 0 aliphatic heterocycles. The SMILES string of the molecule is CCCCCCc1ccc(C#CC2=CCC(CC)CC2)cc1.CCCCCCc1ccc(C#CC2=CCC(CCC)CC2)cc1.CCCCCCc1ccc(C#CC2=CCC(CCCC)CC2)cc1.CCCCCCc1ccc(C#CC2=CCC(CCCCC)CC2)cc1.CCCCCCc1ccc(C#CC2=CCC(CCCCCC)CC2)cc1. The van der Waals surface area contributed by atoms with Crippen LogP contribution in [0.15, 0.2) is 180 Å². The molecule has 0 amide bonds. The highest BCUT2D eigenvalue weighted by molar-refractivity contribution is 5.47. The molecule has 10 rings (SSSR count). The van der Waals surface area contributed by atoms with Gasteiger partial charge in [0.05, 0.1) is 0 Å². The summed E-state index contributed by atoms with van der Waals surface area (Å²) >= 11 is 0. The summed E-state index contributed by atoms with van der Waals surface area (Å²) in [5.74, 6) is 38.3. The largest absolute Gasteiger partial charge is 0.0726 e. The molecule has 0 N–H and O–H groups in total. The molecule has 0 bridgehead atoms. The fourth-order valence-corrected chi connectivity index (χ4v) is 17.2. The fraction of sp³-hybridized carbons (Fsp3) is 0.583. The molecule has 5 atom stereocenters. The molecule has 5 aromatic rings. The van der Waals surface area contributed by atoms with Gasteiger partial charge in [-0.3, -0.25) is 0 Å². The van der Waals surface area contributed by atoms with E-state index < -0.39 is 0 Å². The topological polar surface area (TPSA) is 0 Å². The Bertz CT molecular complexity index is 3970. The molecule has 0 aromatic heterocycles. The van der Waals surface area contributed by atoms with Gasteiger partial charge in [0.2, 0.25) is 0 Å². The molecular weight excluding hydrogens is 1440 g/mol. The zero-order valence-electron chi connectivity index (χ0n) is 78.7. The van der Waals surface area contributed by atoms with Crippen molar-refractivity contribution in [3.8, 4) is 59.2 Å². The summed E-state index contributed by atoms with van der Waals surface area (Å²) < 4.78 is 0. The highest BCUT2D eigenvalue weighted by Gasteiger charge is 2.18. The third-order valence-corrected chi connectivity index (χ3v) is 25.7. The lowest BCUT2D eigenvalue weighted by Crippen LogP contribution is -2.05. The highest BCUT2D eigenvalue weighted by atomic mass is 14.2. The summed E-state index contributed by atoms with van der Waals surface area (Å²) in [6, 6.07) is 44.4. The molecule has 5 unspecified atom stereocenters. The Balaban J connectivity index is 0.000000233. The van der Waals surface area contributed by atoms with E-state index >= 15 is 0 Å². The third kappa shape index (κ3) is 47.3. The zero-order chi connectivity index (χ0) is 85.2. The predicted molar refractivity (Wildman–Crippen MR) is 531 cm³/mol. The van der Waals surface area contributed by atoms with Crippen LogP contribution in [0.25, 0.3) is 0 Å². The molecule has 0 radical (unpaired) electrons. The smallest absolute Gasteiger partial charge is 0.0249 e. The van der Waals surface area contributed by atoms with Crippen LogP contribution in [0.5, 0.6) is 0 Å². The molecule has 5 aliphatic carbocycles. The highest BCUT2D eigenvalue weighted by Crippen LogP contribution is 2.32. The van der Waals surface area contributed by atoms with Gasteiger partial charge >= 0.3 is 0 Å². The lowest BCUT2D eigenvalue weighted by atomic mass is 9.86. The Hall–Kier alpha value is -7.40. The Morgan fingerprint density at radius 1 is 0.192 bits per heavy atom. The van der Waals surface area contributed by atoms with Gasteiger partial charge in [-0.1, -0.05) is 412 Å². The summed E-state index contributed by atoms with van der Waals surface area (Å²) in [4.78, 5) is 0. The van der Waals surface area contributed by atoms with E-state index in [9.17, 15) is 0 Å². The van der Waals surface area contributed by atoms with E-state index in [1.54, 1.807) is 0 Å². The Morgan fingerprint density at radius 3 is 0.600 bits per heavy atom. The number of hydrogen-bond acceptors (Lipinski definition) is 0. The molecule has 0 nitrogen and oxygen atoms in total. The second-order valence-corrected chi connectivity index (χ2v) is 36.3. The van der Waals surface area contributed by atoms with Crippen molar-refractivity contribution in [2.45, 2.75) is 422 Å². The first kappa shape index (κ1) is 101. The van der Waals surface area contributed by atoms with Crippen LogP contribution in [-0.4, -0.2) is 0 Å². The van der Waals surface area contributed by atoms with Gasteiger partial charge in [0.15, 0.2) is 0 Å². The van der Waals surface area contributed by atoms with Crippen molar-refractivity contribution in [2.24, 2.45) is 29.6 Å². The van der Waals surface area contributed by atoms with E-state index in [2.05, 4.69) is 280 Å². The van der Waals surface area contributed by atoms with E-state index in [0.29, 0.717) is 0 Å². The molecule has 5 aromatic carbocycles. The van der Waals surface area contributed by atoms with Crippen molar-refractivity contribution >= 4 is 0 Å². The first-order chi connectivity index (χ1) is 59.1. The Labute approximate surface area is 741 Å². The van der Waals surface area contributed by atoms with Crippen LogP contribution in [0, 0.1) is 88.8 Å². The van der Waals surface area contributed by atoms with Gasteiger partial charge in [0, 0.05) is 27.8 Å². The van der Waals surface area contributed by atoms with E-state index in [0.717, 1.165) is 57.4 Å². The normalized spacial score (nSPS) is 17.1. The maximum atomic E-state index is 3.43. The summed E-state index contributed by atoms with van der Waals surface area (Å²) in [5, 5.41) is 0. The van der Waals surface area contributed by atoms with E-state index in [4.69, 9.17) is 0 Å². The van der Waals surface area contributed by atoms with Crippen molar-refractivity contribution in [2.75, 3.05) is 0 Å². The van der Waals surface area contributed by atoms with Gasteiger partial charge in [-0.25, -0.2) is 0 Å². The molecule has 120 heavy (non-hydrogen) atoms. The second kappa shape index (κ2) is 67.1. The zero-order valence-corrected chi connectivity index (χ0v) is 78.7. The van der Waals surface area contributed by atoms with Gasteiger partial charge < -0.3 is 0 Å². The summed E-state index contributed by atoms with van der Waals surface area (Å²) in [6.45, 7) is 22.8.